The number of nitrogens with zero attached hydrogens (tertiary/aromatic N) is 2. The second-order valence-corrected chi connectivity index (χ2v) is 12.0. The first-order valence-corrected chi connectivity index (χ1v) is 14.3. The molecule has 0 N–H and O–H groups in total. The Morgan fingerprint density at radius 2 is 1.05 bits per heavy atom. The first-order valence-electron chi connectivity index (χ1n) is 14.3. The summed E-state index contributed by atoms with van der Waals surface area (Å²) in [5, 5.41) is 9.86. The normalized spacial score (nSPS) is 12.3. The maximum absolute atomic E-state index is 5.39. The van der Waals surface area contributed by atoms with Gasteiger partial charge in [0.2, 0.25) is 0 Å². The second kappa shape index (κ2) is 8.78. The van der Waals surface area contributed by atoms with Gasteiger partial charge in [0.05, 0.1) is 16.6 Å². The summed E-state index contributed by atoms with van der Waals surface area (Å²) in [5.41, 5.74) is 5.72. The van der Waals surface area contributed by atoms with E-state index in [9.17, 15) is 0 Å². The van der Waals surface area contributed by atoms with Crippen LogP contribution in [0.2, 0.25) is 0 Å². The first-order chi connectivity index (χ1) is 20.0. The van der Waals surface area contributed by atoms with Gasteiger partial charge in [0.15, 0.2) is 0 Å². The highest BCUT2D eigenvalue weighted by Crippen LogP contribution is 2.39. The Morgan fingerprint density at radius 1 is 0.512 bits per heavy atom. The van der Waals surface area contributed by atoms with Crippen molar-refractivity contribution in [3.63, 3.8) is 0 Å². The number of hydrogen-bond acceptors (Lipinski definition) is 1. The average Bonchev–Trinajstić information content (AvgIpc) is 3.41. The van der Waals surface area contributed by atoms with Crippen molar-refractivity contribution in [3.05, 3.63) is 133 Å². The second-order valence-electron chi connectivity index (χ2n) is 12.0. The van der Waals surface area contributed by atoms with Gasteiger partial charge in [-0.2, -0.15) is 0 Å². The SMILES string of the molecule is CC(C)(C)c1cc(-c2nc3cccc4c5ccccc5c5ccccc5c5ccccc5n2c34)cc2ccccc12. The number of para-hydroxylation sites is 2. The molecule has 41 heavy (non-hydrogen) atoms. The summed E-state index contributed by atoms with van der Waals surface area (Å²) in [6.45, 7) is 6.89. The van der Waals surface area contributed by atoms with Crippen molar-refractivity contribution in [2.45, 2.75) is 26.2 Å². The van der Waals surface area contributed by atoms with Crippen LogP contribution in [-0.4, -0.2) is 9.38 Å². The van der Waals surface area contributed by atoms with Gasteiger partial charge in [-0.15, -0.1) is 0 Å². The van der Waals surface area contributed by atoms with Crippen molar-refractivity contribution in [1.29, 1.82) is 0 Å². The summed E-state index contributed by atoms with van der Waals surface area (Å²) >= 11 is 0. The Kier molecular flexibility index (Phi) is 5.11. The van der Waals surface area contributed by atoms with Gasteiger partial charge in [-0.25, -0.2) is 4.98 Å². The average molecular weight is 527 g/mol. The molecule has 0 bridgehead atoms. The molecule has 0 aliphatic heterocycles. The third-order valence-electron chi connectivity index (χ3n) is 8.47. The van der Waals surface area contributed by atoms with Crippen molar-refractivity contribution in [2.24, 2.45) is 0 Å². The monoisotopic (exact) mass is 526 g/mol. The van der Waals surface area contributed by atoms with Crippen LogP contribution in [0, 0.1) is 0 Å². The molecule has 6 aromatic carbocycles. The zero-order valence-electron chi connectivity index (χ0n) is 23.5. The maximum atomic E-state index is 5.39. The quantitative estimate of drug-likeness (QED) is 0.208. The van der Waals surface area contributed by atoms with Gasteiger partial charge in [-0.05, 0) is 67.6 Å². The molecule has 0 spiro atoms. The molecule has 0 aliphatic rings. The van der Waals surface area contributed by atoms with Gasteiger partial charge in [0, 0.05) is 16.3 Å². The van der Waals surface area contributed by atoms with Gasteiger partial charge >= 0.3 is 0 Å². The third-order valence-corrected chi connectivity index (χ3v) is 8.47. The van der Waals surface area contributed by atoms with Crippen LogP contribution in [0.1, 0.15) is 26.3 Å². The van der Waals surface area contributed by atoms with E-state index in [-0.39, 0.29) is 5.41 Å². The molecule has 0 unspecified atom stereocenters. The number of benzene rings is 6. The van der Waals surface area contributed by atoms with Crippen LogP contribution in [0.25, 0.3) is 71.0 Å². The molecule has 2 aromatic heterocycles. The highest BCUT2D eigenvalue weighted by molar-refractivity contribution is 6.21. The Hall–Kier alpha value is -4.95. The molecule has 2 heterocycles. The van der Waals surface area contributed by atoms with E-state index >= 15 is 0 Å². The highest BCUT2D eigenvalue weighted by Gasteiger charge is 2.21. The largest absolute Gasteiger partial charge is 0.291 e. The molecular weight excluding hydrogens is 496 g/mol. The van der Waals surface area contributed by atoms with E-state index in [0.717, 1.165) is 27.9 Å². The van der Waals surface area contributed by atoms with Gasteiger partial charge in [-0.3, -0.25) is 4.40 Å². The summed E-state index contributed by atoms with van der Waals surface area (Å²) in [5.74, 6) is 0.966. The Bertz CT molecular complexity index is 2350. The number of fused-ring (bicyclic) bond motifs is 8. The van der Waals surface area contributed by atoms with E-state index in [2.05, 4.69) is 153 Å². The van der Waals surface area contributed by atoms with Crippen LogP contribution < -0.4 is 0 Å². The van der Waals surface area contributed by atoms with Crippen LogP contribution in [0.5, 0.6) is 0 Å². The van der Waals surface area contributed by atoms with E-state index in [1.165, 1.54) is 48.7 Å². The number of imidazole rings is 1. The van der Waals surface area contributed by atoms with Crippen molar-refractivity contribution in [1.82, 2.24) is 9.38 Å². The smallest absolute Gasteiger partial charge is 0.145 e. The van der Waals surface area contributed by atoms with E-state index in [4.69, 9.17) is 4.98 Å². The Balaban J connectivity index is 1.69. The van der Waals surface area contributed by atoms with Crippen molar-refractivity contribution in [3.8, 4) is 11.4 Å². The van der Waals surface area contributed by atoms with E-state index in [1.54, 1.807) is 0 Å². The van der Waals surface area contributed by atoms with Gasteiger partial charge in [0.1, 0.15) is 5.82 Å². The van der Waals surface area contributed by atoms with Gasteiger partial charge in [-0.1, -0.05) is 124 Å². The number of rotatable bonds is 1. The lowest BCUT2D eigenvalue weighted by Crippen LogP contribution is -2.12. The molecule has 0 aliphatic carbocycles. The zero-order valence-corrected chi connectivity index (χ0v) is 23.5. The molecule has 0 fully saturated rings. The lowest BCUT2D eigenvalue weighted by molar-refractivity contribution is 0.596. The van der Waals surface area contributed by atoms with Crippen LogP contribution in [0.3, 0.4) is 0 Å². The zero-order chi connectivity index (χ0) is 27.7. The summed E-state index contributed by atoms with van der Waals surface area (Å²) in [6.07, 6.45) is 0. The van der Waals surface area contributed by atoms with Crippen LogP contribution in [0.15, 0.2) is 127 Å². The number of hydrogen-bond donors (Lipinski definition) is 0. The lowest BCUT2D eigenvalue weighted by Gasteiger charge is -2.22. The van der Waals surface area contributed by atoms with Gasteiger partial charge < -0.3 is 0 Å². The highest BCUT2D eigenvalue weighted by atomic mass is 15.0. The Morgan fingerprint density at radius 3 is 1.73 bits per heavy atom. The minimum Gasteiger partial charge on any atom is -0.291 e. The topological polar surface area (TPSA) is 17.3 Å². The van der Waals surface area contributed by atoms with Crippen LogP contribution >= 0.6 is 0 Å². The molecule has 0 saturated carbocycles. The maximum Gasteiger partial charge on any atom is 0.145 e. The molecule has 8 aromatic rings. The minimum atomic E-state index is -0.0175. The lowest BCUT2D eigenvalue weighted by atomic mass is 9.82. The van der Waals surface area contributed by atoms with Gasteiger partial charge in [0.25, 0.3) is 0 Å². The fourth-order valence-corrected chi connectivity index (χ4v) is 6.63. The minimum absolute atomic E-state index is 0.0175. The predicted octanol–water partition coefficient (Wildman–Crippen LogP) is 10.6. The molecule has 2 nitrogen and oxygen atoms in total. The summed E-state index contributed by atoms with van der Waals surface area (Å²) in [6, 6.07) is 46.3. The van der Waals surface area contributed by atoms with Crippen LogP contribution in [0.4, 0.5) is 0 Å². The molecule has 0 amide bonds. The first kappa shape index (κ1) is 23.9. The standard InChI is InChI=1S/C39H30N2/c1-39(2,3)34-24-26(23-25-13-4-5-14-27(25)34)38-40-35-21-12-20-33-31-18-9-7-16-29(31)28-15-6-8-17-30(28)32-19-10-11-22-36(32)41(38)37(33)35/h4-24H,1-3H3. The van der Waals surface area contributed by atoms with E-state index in [0.29, 0.717) is 0 Å². The summed E-state index contributed by atoms with van der Waals surface area (Å²) < 4.78 is 2.41. The molecular formula is C39H30N2. The molecule has 0 radical (unpaired) electrons. The van der Waals surface area contributed by atoms with Crippen molar-refractivity contribution >= 4 is 59.6 Å². The van der Waals surface area contributed by atoms with E-state index in [1.807, 2.05) is 0 Å². The fourth-order valence-electron chi connectivity index (χ4n) is 6.63. The van der Waals surface area contributed by atoms with Crippen molar-refractivity contribution < 1.29 is 0 Å². The molecule has 0 atom stereocenters. The summed E-state index contributed by atoms with van der Waals surface area (Å²) in [4.78, 5) is 5.39. The third kappa shape index (κ3) is 3.61. The number of aromatic nitrogens is 2. The molecule has 0 saturated heterocycles. The molecule has 8 rings (SSSR count). The summed E-state index contributed by atoms with van der Waals surface area (Å²) in [7, 11) is 0. The molecule has 196 valence electrons. The van der Waals surface area contributed by atoms with E-state index < -0.39 is 0 Å². The fraction of sp³-hybridized carbons (Fsp3) is 0.103. The predicted molar refractivity (Wildman–Crippen MR) is 176 cm³/mol. The van der Waals surface area contributed by atoms with Crippen LogP contribution in [-0.2, 0) is 5.41 Å². The molecule has 2 heteroatoms. The Labute approximate surface area is 239 Å². The van der Waals surface area contributed by atoms with Crippen molar-refractivity contribution in [2.75, 3.05) is 0 Å².